The zero-order chi connectivity index (χ0) is 14.3. The van der Waals surface area contributed by atoms with Gasteiger partial charge in [-0.3, -0.25) is 0 Å². The third-order valence-electron chi connectivity index (χ3n) is 3.77. The van der Waals surface area contributed by atoms with Gasteiger partial charge in [-0.05, 0) is 17.5 Å². The number of aliphatic hydroxyl groups is 4. The highest BCUT2D eigenvalue weighted by atomic mass is 16.6. The van der Waals surface area contributed by atoms with Gasteiger partial charge in [0, 0.05) is 6.20 Å². The Kier molecular flexibility index (Phi) is 3.49. The summed E-state index contributed by atoms with van der Waals surface area (Å²) in [5.74, 6) is 0. The molecule has 1 aromatic heterocycles. The van der Waals surface area contributed by atoms with Crippen molar-refractivity contribution >= 4 is 10.9 Å². The molecule has 3 rings (SSSR count). The van der Waals surface area contributed by atoms with E-state index in [9.17, 15) is 20.4 Å². The number of ether oxygens (including phenoxy) is 1. The van der Waals surface area contributed by atoms with Gasteiger partial charge in [-0.1, -0.05) is 18.2 Å². The predicted molar refractivity (Wildman–Crippen MR) is 71.0 cm³/mol. The van der Waals surface area contributed by atoms with Crippen molar-refractivity contribution in [1.82, 2.24) is 4.57 Å². The summed E-state index contributed by atoms with van der Waals surface area (Å²) in [6.45, 7) is -0.430. The second kappa shape index (κ2) is 5.16. The Balaban J connectivity index is 2.00. The van der Waals surface area contributed by atoms with Gasteiger partial charge in [-0.2, -0.15) is 0 Å². The Bertz CT molecular complexity index is 596. The first-order chi connectivity index (χ1) is 9.63. The van der Waals surface area contributed by atoms with Gasteiger partial charge < -0.3 is 29.7 Å². The molecule has 5 atom stereocenters. The highest BCUT2D eigenvalue weighted by Gasteiger charge is 2.44. The van der Waals surface area contributed by atoms with Crippen LogP contribution in [0.5, 0.6) is 0 Å². The lowest BCUT2D eigenvalue weighted by Gasteiger charge is -2.40. The molecular weight excluding hydrogens is 262 g/mol. The molecule has 6 heteroatoms. The van der Waals surface area contributed by atoms with Gasteiger partial charge in [0.05, 0.1) is 12.1 Å². The molecule has 6 nitrogen and oxygen atoms in total. The first-order valence-electron chi connectivity index (χ1n) is 6.49. The van der Waals surface area contributed by atoms with E-state index in [1.807, 2.05) is 30.3 Å². The van der Waals surface area contributed by atoms with Crippen molar-refractivity contribution in [3.05, 3.63) is 36.5 Å². The minimum Gasteiger partial charge on any atom is -0.394 e. The molecule has 0 saturated carbocycles. The third kappa shape index (κ3) is 2.02. The van der Waals surface area contributed by atoms with E-state index < -0.39 is 37.3 Å². The van der Waals surface area contributed by atoms with Crippen LogP contribution in [0.2, 0.25) is 0 Å². The Hall–Kier alpha value is -1.44. The van der Waals surface area contributed by atoms with E-state index in [-0.39, 0.29) is 0 Å². The quantitative estimate of drug-likeness (QED) is 0.601. The number of para-hydroxylation sites is 1. The van der Waals surface area contributed by atoms with Crippen LogP contribution in [0.3, 0.4) is 0 Å². The van der Waals surface area contributed by atoms with Crippen LogP contribution in [-0.4, -0.2) is 56.0 Å². The maximum absolute atomic E-state index is 10.1. The van der Waals surface area contributed by atoms with E-state index in [0.29, 0.717) is 0 Å². The lowest BCUT2D eigenvalue weighted by Crippen LogP contribution is -2.56. The molecule has 0 amide bonds. The van der Waals surface area contributed by atoms with E-state index in [2.05, 4.69) is 0 Å². The molecule has 1 aliphatic heterocycles. The zero-order valence-corrected chi connectivity index (χ0v) is 10.7. The molecule has 0 spiro atoms. The predicted octanol–water partition coefficient (Wildman–Crippen LogP) is -0.386. The van der Waals surface area contributed by atoms with Gasteiger partial charge in [0.15, 0.2) is 6.23 Å². The van der Waals surface area contributed by atoms with Crippen molar-refractivity contribution in [2.75, 3.05) is 6.61 Å². The van der Waals surface area contributed by atoms with Gasteiger partial charge in [0.2, 0.25) is 0 Å². The number of aliphatic hydroxyl groups excluding tert-OH is 4. The van der Waals surface area contributed by atoms with E-state index in [1.165, 1.54) is 0 Å². The summed E-state index contributed by atoms with van der Waals surface area (Å²) in [5, 5.41) is 39.9. The van der Waals surface area contributed by atoms with Crippen molar-refractivity contribution in [2.24, 2.45) is 0 Å². The summed E-state index contributed by atoms with van der Waals surface area (Å²) in [4.78, 5) is 0. The summed E-state index contributed by atoms with van der Waals surface area (Å²) in [6, 6.07) is 9.44. The molecule has 1 unspecified atom stereocenters. The largest absolute Gasteiger partial charge is 0.394 e. The molecule has 0 radical (unpaired) electrons. The highest BCUT2D eigenvalue weighted by Crippen LogP contribution is 2.31. The lowest BCUT2D eigenvalue weighted by molar-refractivity contribution is -0.250. The lowest BCUT2D eigenvalue weighted by atomic mass is 9.98. The maximum atomic E-state index is 10.1. The van der Waals surface area contributed by atoms with Crippen LogP contribution in [0.4, 0.5) is 0 Å². The van der Waals surface area contributed by atoms with Crippen molar-refractivity contribution < 1.29 is 25.2 Å². The zero-order valence-electron chi connectivity index (χ0n) is 10.7. The standard InChI is InChI=1S/C14H17NO5/c16-7-10-11(17)12(18)13(19)14(20-10)15-6-5-8-3-1-2-4-9(8)15/h1-6,10-14,16-19H,7H2/t10?,11-,12+,13+,14-/m1/s1. The molecule has 1 fully saturated rings. The molecule has 2 heterocycles. The smallest absolute Gasteiger partial charge is 0.163 e. The number of nitrogens with zero attached hydrogens (tertiary/aromatic N) is 1. The Labute approximate surface area is 115 Å². The fourth-order valence-electron chi connectivity index (χ4n) is 2.64. The summed E-state index contributed by atoms with van der Waals surface area (Å²) in [5.41, 5.74) is 0.844. The second-order valence-corrected chi connectivity index (χ2v) is 5.00. The number of benzene rings is 1. The van der Waals surface area contributed by atoms with Crippen LogP contribution in [0, 0.1) is 0 Å². The summed E-state index contributed by atoms with van der Waals surface area (Å²) in [7, 11) is 0. The number of aromatic nitrogens is 1. The Morgan fingerprint density at radius 3 is 2.50 bits per heavy atom. The Morgan fingerprint density at radius 1 is 1.00 bits per heavy atom. The van der Waals surface area contributed by atoms with Crippen molar-refractivity contribution in [3.8, 4) is 0 Å². The summed E-state index contributed by atoms with van der Waals surface area (Å²) < 4.78 is 7.23. The van der Waals surface area contributed by atoms with Crippen LogP contribution in [0.15, 0.2) is 36.5 Å². The first kappa shape index (κ1) is 13.5. The molecular formula is C14H17NO5. The van der Waals surface area contributed by atoms with Gasteiger partial charge >= 0.3 is 0 Å². The first-order valence-corrected chi connectivity index (χ1v) is 6.49. The molecule has 0 aliphatic carbocycles. The van der Waals surface area contributed by atoms with Gasteiger partial charge in [0.25, 0.3) is 0 Å². The average Bonchev–Trinajstić information content (AvgIpc) is 2.89. The van der Waals surface area contributed by atoms with Crippen LogP contribution in [-0.2, 0) is 4.74 Å². The van der Waals surface area contributed by atoms with E-state index >= 15 is 0 Å². The molecule has 108 valence electrons. The third-order valence-corrected chi connectivity index (χ3v) is 3.77. The van der Waals surface area contributed by atoms with Crippen LogP contribution < -0.4 is 0 Å². The fourth-order valence-corrected chi connectivity index (χ4v) is 2.64. The molecule has 1 saturated heterocycles. The number of fused-ring (bicyclic) bond motifs is 1. The van der Waals surface area contributed by atoms with E-state index in [4.69, 9.17) is 4.74 Å². The molecule has 1 aliphatic rings. The van der Waals surface area contributed by atoms with E-state index in [1.54, 1.807) is 10.8 Å². The van der Waals surface area contributed by atoms with E-state index in [0.717, 1.165) is 10.9 Å². The van der Waals surface area contributed by atoms with Crippen molar-refractivity contribution in [1.29, 1.82) is 0 Å². The molecule has 1 aromatic carbocycles. The molecule has 0 bridgehead atoms. The molecule has 4 N–H and O–H groups in total. The number of hydrogen-bond donors (Lipinski definition) is 4. The molecule has 2 aromatic rings. The second-order valence-electron chi connectivity index (χ2n) is 5.00. The summed E-state index contributed by atoms with van der Waals surface area (Å²) >= 11 is 0. The van der Waals surface area contributed by atoms with Crippen LogP contribution >= 0.6 is 0 Å². The normalized spacial score (nSPS) is 34.5. The van der Waals surface area contributed by atoms with Crippen LogP contribution in [0.25, 0.3) is 10.9 Å². The molecule has 20 heavy (non-hydrogen) atoms. The Morgan fingerprint density at radius 2 is 1.75 bits per heavy atom. The number of rotatable bonds is 2. The maximum Gasteiger partial charge on any atom is 0.163 e. The number of hydrogen-bond acceptors (Lipinski definition) is 5. The summed E-state index contributed by atoms with van der Waals surface area (Å²) in [6.07, 6.45) is -3.99. The fraction of sp³-hybridized carbons (Fsp3) is 0.429. The van der Waals surface area contributed by atoms with Crippen LogP contribution in [0.1, 0.15) is 6.23 Å². The average molecular weight is 279 g/mol. The van der Waals surface area contributed by atoms with Crippen molar-refractivity contribution in [2.45, 2.75) is 30.6 Å². The van der Waals surface area contributed by atoms with Gasteiger partial charge in [0.1, 0.15) is 24.4 Å². The highest BCUT2D eigenvalue weighted by molar-refractivity contribution is 5.80. The van der Waals surface area contributed by atoms with Gasteiger partial charge in [-0.25, -0.2) is 0 Å². The minimum absolute atomic E-state index is 0.430. The van der Waals surface area contributed by atoms with Crippen molar-refractivity contribution in [3.63, 3.8) is 0 Å². The monoisotopic (exact) mass is 279 g/mol. The topological polar surface area (TPSA) is 95.1 Å². The SMILES string of the molecule is OCC1O[C@@H](n2ccc3ccccc32)[C@@H](O)[C@@H](O)[C@@H]1O. The van der Waals surface area contributed by atoms with Gasteiger partial charge in [-0.15, -0.1) is 0 Å². The minimum atomic E-state index is -1.37.